The first-order chi connectivity index (χ1) is 11.6. The predicted octanol–water partition coefficient (Wildman–Crippen LogP) is 3.47. The van der Waals surface area contributed by atoms with Crippen molar-refractivity contribution in [3.05, 3.63) is 75.9 Å². The van der Waals surface area contributed by atoms with Gasteiger partial charge in [-0.15, -0.1) is 0 Å². The Labute approximate surface area is 143 Å². The molecule has 6 heteroatoms. The number of ether oxygens (including phenoxy) is 2. The lowest BCUT2D eigenvalue weighted by Crippen LogP contribution is -2.05. The Balaban J connectivity index is 1.87. The number of nitrogens with zero attached hydrogens (tertiary/aromatic N) is 1. The number of aliphatic imine (C=N–C) groups is 1. The smallest absolute Gasteiger partial charge is 0.363 e. The summed E-state index contributed by atoms with van der Waals surface area (Å²) in [5, 5.41) is 0.530. The summed E-state index contributed by atoms with van der Waals surface area (Å²) < 4.78 is 9.81. The normalized spacial score (nSPS) is 15.2. The number of cyclic esters (lactones) is 1. The van der Waals surface area contributed by atoms with E-state index >= 15 is 0 Å². The highest BCUT2D eigenvalue weighted by molar-refractivity contribution is 6.31. The molecular weight excluding hydrogens is 330 g/mol. The highest BCUT2D eigenvalue weighted by Crippen LogP contribution is 2.21. The van der Waals surface area contributed by atoms with E-state index in [0.717, 1.165) is 0 Å². The fourth-order valence-corrected chi connectivity index (χ4v) is 2.34. The maximum absolute atomic E-state index is 12.0. The van der Waals surface area contributed by atoms with E-state index < -0.39 is 11.9 Å². The summed E-state index contributed by atoms with van der Waals surface area (Å²) in [6.07, 6.45) is 1.58. The van der Waals surface area contributed by atoms with Crippen LogP contribution in [0, 0.1) is 0 Å². The fraction of sp³-hybridized carbons (Fsp3) is 0.0556. The average molecular weight is 342 g/mol. The van der Waals surface area contributed by atoms with Crippen LogP contribution in [0.5, 0.6) is 0 Å². The summed E-state index contributed by atoms with van der Waals surface area (Å²) >= 11 is 5.93. The summed E-state index contributed by atoms with van der Waals surface area (Å²) in [7, 11) is 1.32. The molecule has 0 fully saturated rings. The first-order valence-electron chi connectivity index (χ1n) is 7.04. The van der Waals surface area contributed by atoms with Crippen molar-refractivity contribution >= 4 is 35.5 Å². The van der Waals surface area contributed by atoms with Crippen LogP contribution < -0.4 is 0 Å². The Bertz CT molecular complexity index is 869. The van der Waals surface area contributed by atoms with Crippen LogP contribution in [0.1, 0.15) is 21.5 Å². The zero-order chi connectivity index (χ0) is 17.1. The zero-order valence-electron chi connectivity index (χ0n) is 12.7. The number of hydrogen-bond donors (Lipinski definition) is 0. The number of esters is 2. The minimum absolute atomic E-state index is 0.177. The van der Waals surface area contributed by atoms with Gasteiger partial charge in [0.2, 0.25) is 5.90 Å². The van der Waals surface area contributed by atoms with Crippen LogP contribution in [0.4, 0.5) is 0 Å². The van der Waals surface area contributed by atoms with Crippen LogP contribution in [0.15, 0.2) is 59.2 Å². The molecule has 0 amide bonds. The van der Waals surface area contributed by atoms with E-state index in [-0.39, 0.29) is 11.6 Å². The van der Waals surface area contributed by atoms with E-state index in [4.69, 9.17) is 16.3 Å². The van der Waals surface area contributed by atoms with Crippen LogP contribution in [-0.4, -0.2) is 24.9 Å². The van der Waals surface area contributed by atoms with E-state index in [1.54, 1.807) is 54.6 Å². The van der Waals surface area contributed by atoms with Crippen molar-refractivity contribution in [2.45, 2.75) is 0 Å². The second-order valence-corrected chi connectivity index (χ2v) is 5.40. The molecule has 5 nitrogen and oxygen atoms in total. The zero-order valence-corrected chi connectivity index (χ0v) is 13.4. The van der Waals surface area contributed by atoms with Gasteiger partial charge < -0.3 is 9.47 Å². The van der Waals surface area contributed by atoms with Crippen LogP contribution >= 0.6 is 11.6 Å². The molecule has 0 aromatic heterocycles. The summed E-state index contributed by atoms with van der Waals surface area (Å²) in [6, 6.07) is 13.5. The van der Waals surface area contributed by atoms with Gasteiger partial charge in [0, 0.05) is 10.6 Å². The molecule has 0 spiro atoms. The number of rotatable bonds is 3. The summed E-state index contributed by atoms with van der Waals surface area (Å²) in [4.78, 5) is 27.6. The van der Waals surface area contributed by atoms with Gasteiger partial charge >= 0.3 is 11.9 Å². The van der Waals surface area contributed by atoms with Gasteiger partial charge in [0.25, 0.3) is 0 Å². The van der Waals surface area contributed by atoms with Crippen molar-refractivity contribution in [3.8, 4) is 0 Å². The number of benzene rings is 2. The molecule has 0 unspecified atom stereocenters. The molecule has 0 bridgehead atoms. The maximum Gasteiger partial charge on any atom is 0.363 e. The van der Waals surface area contributed by atoms with Gasteiger partial charge in [-0.3, -0.25) is 0 Å². The molecule has 0 saturated heterocycles. The Morgan fingerprint density at radius 3 is 2.62 bits per heavy atom. The third-order valence-corrected chi connectivity index (χ3v) is 3.56. The minimum atomic E-state index is -0.540. The Morgan fingerprint density at radius 1 is 1.21 bits per heavy atom. The monoisotopic (exact) mass is 341 g/mol. The molecule has 0 saturated carbocycles. The van der Waals surface area contributed by atoms with E-state index in [9.17, 15) is 9.59 Å². The van der Waals surface area contributed by atoms with Gasteiger partial charge in [0.15, 0.2) is 5.70 Å². The number of carbonyl (C=O) groups excluding carboxylic acids is 2. The molecule has 0 radical (unpaired) electrons. The molecule has 0 aliphatic carbocycles. The molecule has 2 aromatic rings. The molecule has 0 N–H and O–H groups in total. The van der Waals surface area contributed by atoms with Crippen molar-refractivity contribution in [3.63, 3.8) is 0 Å². The lowest BCUT2D eigenvalue weighted by Gasteiger charge is -1.99. The average Bonchev–Trinajstić information content (AvgIpc) is 2.96. The van der Waals surface area contributed by atoms with E-state index in [1.807, 2.05) is 0 Å². The van der Waals surface area contributed by atoms with Crippen molar-refractivity contribution in [1.82, 2.24) is 0 Å². The van der Waals surface area contributed by atoms with Crippen LogP contribution in [-0.2, 0) is 14.3 Å². The molecule has 120 valence electrons. The van der Waals surface area contributed by atoms with Crippen molar-refractivity contribution in [1.29, 1.82) is 0 Å². The Morgan fingerprint density at radius 2 is 1.96 bits per heavy atom. The summed E-state index contributed by atoms with van der Waals surface area (Å²) in [5.74, 6) is -0.752. The SMILES string of the molecule is COC(=O)c1ccc(/C=C2\N=C(c3cccc(Cl)c3)OC2=O)cc1. The summed E-state index contributed by atoms with van der Waals surface area (Å²) in [5.41, 5.74) is 1.94. The topological polar surface area (TPSA) is 65.0 Å². The maximum atomic E-state index is 12.0. The van der Waals surface area contributed by atoms with Gasteiger partial charge in [0.05, 0.1) is 12.7 Å². The number of halogens is 1. The van der Waals surface area contributed by atoms with Crippen molar-refractivity contribution in [2.75, 3.05) is 7.11 Å². The van der Waals surface area contributed by atoms with Gasteiger partial charge in [-0.2, -0.15) is 0 Å². The number of methoxy groups -OCH3 is 1. The summed E-state index contributed by atoms with van der Waals surface area (Å²) in [6.45, 7) is 0. The molecule has 1 aliphatic rings. The molecule has 1 aliphatic heterocycles. The largest absolute Gasteiger partial charge is 0.465 e. The molecule has 0 atom stereocenters. The Kier molecular flexibility index (Phi) is 4.44. The molecule has 2 aromatic carbocycles. The van der Waals surface area contributed by atoms with Crippen LogP contribution in [0.2, 0.25) is 5.02 Å². The van der Waals surface area contributed by atoms with Gasteiger partial charge in [-0.1, -0.05) is 29.8 Å². The molecular formula is C18H12ClNO4. The second-order valence-electron chi connectivity index (χ2n) is 4.96. The number of carbonyl (C=O) groups is 2. The van der Waals surface area contributed by atoms with Crippen molar-refractivity contribution < 1.29 is 19.1 Å². The van der Waals surface area contributed by atoms with Crippen molar-refractivity contribution in [2.24, 2.45) is 4.99 Å². The lowest BCUT2D eigenvalue weighted by atomic mass is 10.1. The Hall–Kier alpha value is -2.92. The third-order valence-electron chi connectivity index (χ3n) is 3.33. The van der Waals surface area contributed by atoms with E-state index in [1.165, 1.54) is 7.11 Å². The van der Waals surface area contributed by atoms with E-state index in [2.05, 4.69) is 9.73 Å². The molecule has 1 heterocycles. The molecule has 24 heavy (non-hydrogen) atoms. The first kappa shape index (κ1) is 16.0. The minimum Gasteiger partial charge on any atom is -0.465 e. The van der Waals surface area contributed by atoms with Gasteiger partial charge in [-0.05, 0) is 42.0 Å². The lowest BCUT2D eigenvalue weighted by molar-refractivity contribution is -0.129. The van der Waals surface area contributed by atoms with Gasteiger partial charge in [-0.25, -0.2) is 14.6 Å². The fourth-order valence-electron chi connectivity index (χ4n) is 2.15. The third kappa shape index (κ3) is 3.36. The standard InChI is InChI=1S/C18H12ClNO4/c1-23-17(21)12-7-5-11(6-8-12)9-15-18(22)24-16(20-15)13-3-2-4-14(19)10-13/h2-10H,1H3/b15-9-. The van der Waals surface area contributed by atoms with Crippen LogP contribution in [0.3, 0.4) is 0 Å². The van der Waals surface area contributed by atoms with E-state index in [0.29, 0.717) is 21.7 Å². The van der Waals surface area contributed by atoms with Gasteiger partial charge in [0.1, 0.15) is 0 Å². The highest BCUT2D eigenvalue weighted by Gasteiger charge is 2.24. The quantitative estimate of drug-likeness (QED) is 0.633. The first-order valence-corrected chi connectivity index (χ1v) is 7.41. The van der Waals surface area contributed by atoms with Crippen LogP contribution in [0.25, 0.3) is 6.08 Å². The predicted molar refractivity (Wildman–Crippen MR) is 89.8 cm³/mol. The number of hydrogen-bond acceptors (Lipinski definition) is 5. The molecule has 3 rings (SSSR count). The second kappa shape index (κ2) is 6.68. The highest BCUT2D eigenvalue weighted by atomic mass is 35.5.